The second-order valence-electron chi connectivity index (χ2n) is 3.65. The van der Waals surface area contributed by atoms with E-state index in [4.69, 9.17) is 23.2 Å². The van der Waals surface area contributed by atoms with Crippen molar-refractivity contribution in [2.75, 3.05) is 0 Å². The van der Waals surface area contributed by atoms with Crippen molar-refractivity contribution in [3.8, 4) is 0 Å². The maximum Gasteiger partial charge on any atom is 0.133 e. The monoisotopic (exact) mass is 228 g/mol. The highest BCUT2D eigenvalue weighted by Gasteiger charge is 2.23. The van der Waals surface area contributed by atoms with Crippen molar-refractivity contribution >= 4 is 29.0 Å². The van der Waals surface area contributed by atoms with E-state index in [1.165, 1.54) is 0 Å². The first-order valence-corrected chi connectivity index (χ1v) is 5.39. The first-order chi connectivity index (χ1) is 6.66. The SMILES string of the molecule is O=C1CCC(c2ccc(Cl)c(Cl)c2)C1. The molecular weight excluding hydrogens is 219 g/mol. The topological polar surface area (TPSA) is 17.1 Å². The third-order valence-electron chi connectivity index (χ3n) is 2.66. The summed E-state index contributed by atoms with van der Waals surface area (Å²) in [6, 6.07) is 5.62. The lowest BCUT2D eigenvalue weighted by atomic mass is 9.98. The van der Waals surface area contributed by atoms with Crippen LogP contribution in [0, 0.1) is 0 Å². The summed E-state index contributed by atoms with van der Waals surface area (Å²) < 4.78 is 0. The molecule has 1 fully saturated rings. The molecule has 0 spiro atoms. The predicted octanol–water partition coefficient (Wildman–Crippen LogP) is 3.83. The van der Waals surface area contributed by atoms with Crippen LogP contribution >= 0.6 is 23.2 Å². The minimum Gasteiger partial charge on any atom is -0.300 e. The van der Waals surface area contributed by atoms with E-state index in [1.807, 2.05) is 12.1 Å². The summed E-state index contributed by atoms with van der Waals surface area (Å²) in [5.74, 6) is 0.693. The Kier molecular flexibility index (Phi) is 2.80. The third-order valence-corrected chi connectivity index (χ3v) is 3.40. The fraction of sp³-hybridized carbons (Fsp3) is 0.364. The van der Waals surface area contributed by atoms with Crippen LogP contribution < -0.4 is 0 Å². The first kappa shape index (κ1) is 10.0. The van der Waals surface area contributed by atoms with Gasteiger partial charge in [0.25, 0.3) is 0 Å². The smallest absolute Gasteiger partial charge is 0.133 e. The van der Waals surface area contributed by atoms with E-state index in [1.54, 1.807) is 6.07 Å². The van der Waals surface area contributed by atoms with Crippen LogP contribution in [-0.2, 0) is 4.79 Å². The average molecular weight is 229 g/mol. The van der Waals surface area contributed by atoms with Crippen LogP contribution in [0.1, 0.15) is 30.7 Å². The highest BCUT2D eigenvalue weighted by atomic mass is 35.5. The van der Waals surface area contributed by atoms with Crippen molar-refractivity contribution in [1.82, 2.24) is 0 Å². The number of carbonyl (C=O) groups is 1. The molecule has 3 heteroatoms. The standard InChI is InChI=1S/C11H10Cl2O/c12-10-4-2-8(6-11(10)13)7-1-3-9(14)5-7/h2,4,6-7H,1,3,5H2. The van der Waals surface area contributed by atoms with Crippen molar-refractivity contribution in [1.29, 1.82) is 0 Å². The molecule has 1 atom stereocenters. The maximum absolute atomic E-state index is 11.1. The van der Waals surface area contributed by atoms with E-state index in [0.717, 1.165) is 12.0 Å². The summed E-state index contributed by atoms with van der Waals surface area (Å²) in [5.41, 5.74) is 1.13. The van der Waals surface area contributed by atoms with E-state index < -0.39 is 0 Å². The van der Waals surface area contributed by atoms with Gasteiger partial charge in [-0.2, -0.15) is 0 Å². The van der Waals surface area contributed by atoms with Crippen molar-refractivity contribution in [2.24, 2.45) is 0 Å². The second-order valence-corrected chi connectivity index (χ2v) is 4.47. The van der Waals surface area contributed by atoms with E-state index in [-0.39, 0.29) is 0 Å². The van der Waals surface area contributed by atoms with Gasteiger partial charge in [0.15, 0.2) is 0 Å². The van der Waals surface area contributed by atoms with E-state index >= 15 is 0 Å². The van der Waals surface area contributed by atoms with E-state index in [2.05, 4.69) is 0 Å². The molecule has 0 amide bonds. The van der Waals surface area contributed by atoms with Crippen LogP contribution in [0.4, 0.5) is 0 Å². The molecule has 1 saturated carbocycles. The highest BCUT2D eigenvalue weighted by Crippen LogP contribution is 2.34. The van der Waals surface area contributed by atoms with Crippen LogP contribution in [0.15, 0.2) is 18.2 Å². The van der Waals surface area contributed by atoms with Crippen LogP contribution in [0.25, 0.3) is 0 Å². The largest absolute Gasteiger partial charge is 0.300 e. The van der Waals surface area contributed by atoms with Gasteiger partial charge in [-0.25, -0.2) is 0 Å². The average Bonchev–Trinajstić information content (AvgIpc) is 2.57. The molecule has 0 bridgehead atoms. The van der Waals surface area contributed by atoms with Crippen LogP contribution in [0.2, 0.25) is 10.0 Å². The van der Waals surface area contributed by atoms with Gasteiger partial charge in [-0.05, 0) is 30.0 Å². The molecule has 0 aromatic heterocycles. The molecule has 0 heterocycles. The van der Waals surface area contributed by atoms with Gasteiger partial charge in [-0.15, -0.1) is 0 Å². The predicted molar refractivity (Wildman–Crippen MR) is 58.1 cm³/mol. The number of carbonyl (C=O) groups excluding carboxylic acids is 1. The minimum absolute atomic E-state index is 0.345. The lowest BCUT2D eigenvalue weighted by Crippen LogP contribution is -1.94. The van der Waals surface area contributed by atoms with Gasteiger partial charge in [-0.3, -0.25) is 4.79 Å². The van der Waals surface area contributed by atoms with E-state index in [0.29, 0.717) is 34.6 Å². The fourth-order valence-electron chi connectivity index (χ4n) is 1.86. The van der Waals surface area contributed by atoms with Crippen molar-refractivity contribution < 1.29 is 4.79 Å². The minimum atomic E-state index is 0.345. The Morgan fingerprint density at radius 3 is 2.57 bits per heavy atom. The quantitative estimate of drug-likeness (QED) is 0.715. The molecule has 1 unspecified atom stereocenters. The molecule has 74 valence electrons. The first-order valence-electron chi connectivity index (χ1n) is 4.63. The highest BCUT2D eigenvalue weighted by molar-refractivity contribution is 6.42. The summed E-state index contributed by atoms with van der Waals surface area (Å²) in [6.07, 6.45) is 2.29. The van der Waals surface area contributed by atoms with Gasteiger partial charge >= 0.3 is 0 Å². The molecule has 1 aromatic carbocycles. The Bertz CT molecular complexity index is 374. The number of Topliss-reactive ketones (excluding diaryl/α,β-unsaturated/α-hetero) is 1. The molecule has 0 radical (unpaired) electrons. The second kappa shape index (κ2) is 3.92. The Balaban J connectivity index is 2.24. The summed E-state index contributed by atoms with van der Waals surface area (Å²) in [4.78, 5) is 11.1. The molecule has 0 saturated heterocycles. The Morgan fingerprint density at radius 1 is 1.21 bits per heavy atom. The summed E-state index contributed by atoms with van der Waals surface area (Å²) in [6.45, 7) is 0. The fourth-order valence-corrected chi connectivity index (χ4v) is 2.17. The van der Waals surface area contributed by atoms with Crippen molar-refractivity contribution in [3.63, 3.8) is 0 Å². The van der Waals surface area contributed by atoms with Crippen molar-refractivity contribution in [2.45, 2.75) is 25.2 Å². The normalized spacial score (nSPS) is 21.6. The number of ketones is 1. The molecule has 1 nitrogen and oxygen atoms in total. The maximum atomic E-state index is 11.1. The zero-order valence-corrected chi connectivity index (χ0v) is 9.11. The number of rotatable bonds is 1. The van der Waals surface area contributed by atoms with Crippen LogP contribution in [0.5, 0.6) is 0 Å². The number of halogens is 2. The third kappa shape index (κ3) is 1.94. The summed E-state index contributed by atoms with van der Waals surface area (Å²) in [5, 5.41) is 1.14. The Labute approximate surface area is 93.0 Å². The number of benzene rings is 1. The number of hydrogen-bond acceptors (Lipinski definition) is 1. The molecule has 1 aliphatic carbocycles. The Hall–Kier alpha value is -0.530. The molecule has 1 aliphatic rings. The lowest BCUT2D eigenvalue weighted by Gasteiger charge is -2.09. The molecule has 14 heavy (non-hydrogen) atoms. The van der Waals surface area contributed by atoms with Gasteiger partial charge in [0.05, 0.1) is 10.0 Å². The van der Waals surface area contributed by atoms with Crippen LogP contribution in [0.3, 0.4) is 0 Å². The van der Waals surface area contributed by atoms with Crippen LogP contribution in [-0.4, -0.2) is 5.78 Å². The van der Waals surface area contributed by atoms with Gasteiger partial charge in [0.2, 0.25) is 0 Å². The lowest BCUT2D eigenvalue weighted by molar-refractivity contribution is -0.117. The zero-order chi connectivity index (χ0) is 10.1. The Morgan fingerprint density at radius 2 is 2.00 bits per heavy atom. The molecule has 2 rings (SSSR count). The number of hydrogen-bond donors (Lipinski definition) is 0. The van der Waals surface area contributed by atoms with E-state index in [9.17, 15) is 4.79 Å². The molecular formula is C11H10Cl2O. The zero-order valence-electron chi connectivity index (χ0n) is 7.59. The molecule has 0 aliphatic heterocycles. The molecule has 0 N–H and O–H groups in total. The summed E-state index contributed by atoms with van der Waals surface area (Å²) in [7, 11) is 0. The molecule has 1 aromatic rings. The van der Waals surface area contributed by atoms with Gasteiger partial charge in [-0.1, -0.05) is 29.3 Å². The van der Waals surface area contributed by atoms with Crippen molar-refractivity contribution in [3.05, 3.63) is 33.8 Å². The summed E-state index contributed by atoms with van der Waals surface area (Å²) >= 11 is 11.7. The van der Waals surface area contributed by atoms with Gasteiger partial charge in [0, 0.05) is 12.8 Å². The van der Waals surface area contributed by atoms with Gasteiger partial charge < -0.3 is 0 Å². The van der Waals surface area contributed by atoms with Gasteiger partial charge in [0.1, 0.15) is 5.78 Å².